The molecule has 0 radical (unpaired) electrons. The number of nitrogens with one attached hydrogen (secondary N) is 1. The smallest absolute Gasteiger partial charge is 0.262 e. The Balaban J connectivity index is 1.52. The first kappa shape index (κ1) is 22.2. The SMILES string of the molecule is CC1(C)CC(=O)C2=C(C1)OC(N)=C(C#N)[C@H]2c1ccc(OCC(=O)Nc2ccccc2)cc1. The number of carbonyl (C=O) groups is 2. The number of rotatable bonds is 5. The first-order chi connectivity index (χ1) is 15.8. The fourth-order valence-corrected chi connectivity index (χ4v) is 4.24. The number of ether oxygens (including phenoxy) is 2. The maximum absolute atomic E-state index is 13.0. The highest BCUT2D eigenvalue weighted by Crippen LogP contribution is 2.47. The second kappa shape index (κ2) is 8.83. The number of ketones is 1. The van der Waals surface area contributed by atoms with E-state index in [0.29, 0.717) is 35.6 Å². The average Bonchev–Trinajstić information content (AvgIpc) is 2.77. The monoisotopic (exact) mass is 443 g/mol. The molecule has 0 fully saturated rings. The van der Waals surface area contributed by atoms with Gasteiger partial charge in [0, 0.05) is 24.1 Å². The van der Waals surface area contributed by atoms with E-state index < -0.39 is 5.92 Å². The molecule has 0 bridgehead atoms. The molecule has 3 N–H and O–H groups in total. The van der Waals surface area contributed by atoms with Crippen molar-refractivity contribution in [2.75, 3.05) is 11.9 Å². The van der Waals surface area contributed by atoms with Gasteiger partial charge in [-0.2, -0.15) is 5.26 Å². The topological polar surface area (TPSA) is 114 Å². The fourth-order valence-electron chi connectivity index (χ4n) is 4.24. The summed E-state index contributed by atoms with van der Waals surface area (Å²) >= 11 is 0. The van der Waals surface area contributed by atoms with Crippen molar-refractivity contribution >= 4 is 17.4 Å². The van der Waals surface area contributed by atoms with Crippen LogP contribution in [0, 0.1) is 16.7 Å². The second-order valence-corrected chi connectivity index (χ2v) is 8.97. The van der Waals surface area contributed by atoms with Crippen LogP contribution in [0.2, 0.25) is 0 Å². The predicted octanol–water partition coefficient (Wildman–Crippen LogP) is 4.15. The van der Waals surface area contributed by atoms with E-state index in [9.17, 15) is 14.9 Å². The van der Waals surface area contributed by atoms with E-state index >= 15 is 0 Å². The lowest BCUT2D eigenvalue weighted by molar-refractivity contribution is -0.119. The van der Waals surface area contributed by atoms with Gasteiger partial charge in [0.25, 0.3) is 5.91 Å². The number of carbonyl (C=O) groups excluding carboxylic acids is 2. The van der Waals surface area contributed by atoms with Crippen LogP contribution in [0.15, 0.2) is 77.4 Å². The number of nitriles is 1. The molecule has 0 saturated carbocycles. The largest absolute Gasteiger partial charge is 0.484 e. The summed E-state index contributed by atoms with van der Waals surface area (Å²) in [6.45, 7) is 3.87. The Morgan fingerprint density at radius 2 is 1.88 bits per heavy atom. The summed E-state index contributed by atoms with van der Waals surface area (Å²) in [7, 11) is 0. The number of para-hydroxylation sites is 1. The zero-order chi connectivity index (χ0) is 23.6. The van der Waals surface area contributed by atoms with E-state index in [2.05, 4.69) is 11.4 Å². The summed E-state index contributed by atoms with van der Waals surface area (Å²) in [4.78, 5) is 25.1. The van der Waals surface area contributed by atoms with Gasteiger partial charge in [0.15, 0.2) is 12.4 Å². The molecular formula is C26H25N3O4. The number of hydrogen-bond donors (Lipinski definition) is 2. The van der Waals surface area contributed by atoms with Crippen LogP contribution in [-0.4, -0.2) is 18.3 Å². The third-order valence-corrected chi connectivity index (χ3v) is 5.72. The molecule has 1 aliphatic carbocycles. The van der Waals surface area contributed by atoms with Crippen molar-refractivity contribution in [1.29, 1.82) is 5.26 Å². The van der Waals surface area contributed by atoms with E-state index in [0.717, 1.165) is 5.56 Å². The Morgan fingerprint density at radius 3 is 2.55 bits per heavy atom. The van der Waals surface area contributed by atoms with Gasteiger partial charge in [-0.3, -0.25) is 9.59 Å². The summed E-state index contributed by atoms with van der Waals surface area (Å²) < 4.78 is 11.3. The Labute approximate surface area is 192 Å². The minimum Gasteiger partial charge on any atom is -0.484 e. The number of hydrogen-bond acceptors (Lipinski definition) is 6. The van der Waals surface area contributed by atoms with Crippen molar-refractivity contribution < 1.29 is 19.1 Å². The van der Waals surface area contributed by atoms with Gasteiger partial charge in [-0.25, -0.2) is 0 Å². The highest BCUT2D eigenvalue weighted by Gasteiger charge is 2.42. The number of amides is 1. The van der Waals surface area contributed by atoms with Crippen LogP contribution in [0.25, 0.3) is 0 Å². The third-order valence-electron chi connectivity index (χ3n) is 5.72. The Bertz CT molecular complexity index is 1190. The number of Topliss-reactive ketones (excluding diaryl/α,β-unsaturated/α-hetero) is 1. The summed E-state index contributed by atoms with van der Waals surface area (Å²) in [6.07, 6.45) is 0.948. The van der Waals surface area contributed by atoms with Crippen LogP contribution in [0.5, 0.6) is 5.75 Å². The summed E-state index contributed by atoms with van der Waals surface area (Å²) in [6, 6.07) is 18.2. The van der Waals surface area contributed by atoms with Crippen molar-refractivity contribution in [3.05, 3.63) is 82.9 Å². The van der Waals surface area contributed by atoms with Crippen LogP contribution in [0.1, 0.15) is 38.2 Å². The molecule has 0 aromatic heterocycles. The van der Waals surface area contributed by atoms with Crippen LogP contribution >= 0.6 is 0 Å². The first-order valence-corrected chi connectivity index (χ1v) is 10.7. The van der Waals surface area contributed by atoms with Gasteiger partial charge in [0.2, 0.25) is 5.88 Å². The summed E-state index contributed by atoms with van der Waals surface area (Å²) in [5, 5.41) is 12.5. The van der Waals surface area contributed by atoms with Crippen molar-refractivity contribution in [3.63, 3.8) is 0 Å². The number of nitrogens with two attached hydrogens (primary N) is 1. The lowest BCUT2D eigenvalue weighted by atomic mass is 9.70. The van der Waals surface area contributed by atoms with E-state index in [-0.39, 0.29) is 35.2 Å². The van der Waals surface area contributed by atoms with E-state index in [1.54, 1.807) is 36.4 Å². The molecule has 33 heavy (non-hydrogen) atoms. The minimum atomic E-state index is -0.585. The highest BCUT2D eigenvalue weighted by atomic mass is 16.5. The standard InChI is InChI=1S/C26H25N3O4/c1-26(2)12-20(30)24-21(13-26)33-25(28)19(14-27)23(24)16-8-10-18(11-9-16)32-15-22(31)29-17-6-4-3-5-7-17/h3-11,23H,12-13,15,28H2,1-2H3,(H,29,31)/t23-/m1/s1. The van der Waals surface area contributed by atoms with Crippen LogP contribution in [-0.2, 0) is 14.3 Å². The van der Waals surface area contributed by atoms with E-state index in [4.69, 9.17) is 15.2 Å². The molecule has 2 aliphatic rings. The summed E-state index contributed by atoms with van der Waals surface area (Å²) in [5.41, 5.74) is 7.96. The maximum Gasteiger partial charge on any atom is 0.262 e. The minimum absolute atomic E-state index is 0.0321. The number of anilines is 1. The Kier molecular flexibility index (Phi) is 5.93. The van der Waals surface area contributed by atoms with Crippen molar-refractivity contribution in [1.82, 2.24) is 0 Å². The zero-order valence-corrected chi connectivity index (χ0v) is 18.6. The molecule has 1 atom stereocenters. The summed E-state index contributed by atoms with van der Waals surface area (Å²) in [5.74, 6) is 0.166. The lowest BCUT2D eigenvalue weighted by Gasteiger charge is -2.37. The van der Waals surface area contributed by atoms with Crippen molar-refractivity contribution in [2.24, 2.45) is 11.1 Å². The number of nitrogens with zero attached hydrogens (tertiary/aromatic N) is 1. The molecule has 2 aromatic rings. The number of allylic oxidation sites excluding steroid dienone is 3. The molecule has 1 heterocycles. The average molecular weight is 444 g/mol. The molecule has 2 aromatic carbocycles. The molecular weight excluding hydrogens is 418 g/mol. The molecule has 0 saturated heterocycles. The molecule has 0 spiro atoms. The second-order valence-electron chi connectivity index (χ2n) is 8.97. The van der Waals surface area contributed by atoms with Crippen LogP contribution < -0.4 is 15.8 Å². The normalized spacial score (nSPS) is 19.3. The quantitative estimate of drug-likeness (QED) is 0.717. The first-order valence-electron chi connectivity index (χ1n) is 10.7. The van der Waals surface area contributed by atoms with Crippen LogP contribution in [0.3, 0.4) is 0 Å². The molecule has 7 nitrogen and oxygen atoms in total. The van der Waals surface area contributed by atoms with Crippen molar-refractivity contribution in [3.8, 4) is 11.8 Å². The maximum atomic E-state index is 13.0. The Morgan fingerprint density at radius 1 is 1.18 bits per heavy atom. The van der Waals surface area contributed by atoms with Crippen LogP contribution in [0.4, 0.5) is 5.69 Å². The van der Waals surface area contributed by atoms with Gasteiger partial charge < -0.3 is 20.5 Å². The van der Waals surface area contributed by atoms with Gasteiger partial charge in [-0.1, -0.05) is 44.2 Å². The fraction of sp³-hybridized carbons (Fsp3) is 0.269. The Hall–Kier alpha value is -4.05. The third kappa shape index (κ3) is 4.75. The lowest BCUT2D eigenvalue weighted by Crippen LogP contribution is -2.33. The molecule has 0 unspecified atom stereocenters. The van der Waals surface area contributed by atoms with Gasteiger partial charge in [-0.15, -0.1) is 0 Å². The predicted molar refractivity (Wildman–Crippen MR) is 123 cm³/mol. The van der Waals surface area contributed by atoms with Gasteiger partial charge >= 0.3 is 0 Å². The molecule has 1 amide bonds. The molecule has 4 rings (SSSR count). The van der Waals surface area contributed by atoms with E-state index in [1.807, 2.05) is 32.0 Å². The van der Waals surface area contributed by atoms with Crippen molar-refractivity contribution in [2.45, 2.75) is 32.6 Å². The molecule has 168 valence electrons. The van der Waals surface area contributed by atoms with Gasteiger partial charge in [0.05, 0.1) is 5.92 Å². The number of benzene rings is 2. The molecule has 1 aliphatic heterocycles. The highest BCUT2D eigenvalue weighted by molar-refractivity contribution is 6.00. The molecule has 7 heteroatoms. The van der Waals surface area contributed by atoms with Gasteiger partial charge in [0.1, 0.15) is 23.2 Å². The zero-order valence-electron chi connectivity index (χ0n) is 18.6. The van der Waals surface area contributed by atoms with Gasteiger partial charge in [-0.05, 0) is 35.2 Å². The van der Waals surface area contributed by atoms with E-state index in [1.165, 1.54) is 0 Å².